The van der Waals surface area contributed by atoms with Crippen molar-refractivity contribution in [1.82, 2.24) is 24.8 Å². The van der Waals surface area contributed by atoms with E-state index in [4.69, 9.17) is 12.2 Å². The van der Waals surface area contributed by atoms with Crippen molar-refractivity contribution in [3.05, 3.63) is 57.5 Å². The largest absolute Gasteiger partial charge is 0.293 e. The highest BCUT2D eigenvalue weighted by molar-refractivity contribution is 9.10. The minimum absolute atomic E-state index is 0.137. The first-order valence-electron chi connectivity index (χ1n) is 10.1. The maximum Gasteiger partial charge on any atom is 0.280 e. The van der Waals surface area contributed by atoms with Crippen LogP contribution >= 0.6 is 28.1 Å². The number of benzene rings is 1. The van der Waals surface area contributed by atoms with E-state index in [-0.39, 0.29) is 5.91 Å². The van der Waals surface area contributed by atoms with Crippen molar-refractivity contribution in [2.24, 2.45) is 5.10 Å². The van der Waals surface area contributed by atoms with Crippen molar-refractivity contribution in [2.45, 2.75) is 19.3 Å². The fraction of sp³-hybridized carbons (Fsp3) is 0.286. The minimum atomic E-state index is -0.137. The number of hydrogen-bond donors (Lipinski definition) is 1. The molecule has 0 spiro atoms. The standard InChI is InChI=1S/C21H20BrN7OS/c22-15-4-5-17-16(12-15)18(20(30)28(17)13-27-10-2-1-3-11-27)26-29-19(24-25-21(29)31)14-6-8-23-9-7-14/h4-9,12H,1-3,10-11,13H2,(H,25,31)/b26-18-. The Bertz CT molecular complexity index is 1210. The molecule has 1 N–H and O–H groups in total. The molecule has 0 unspecified atom stereocenters. The molecule has 2 aliphatic heterocycles. The molecular weight excluding hydrogens is 478 g/mol. The lowest BCUT2D eigenvalue weighted by Gasteiger charge is -2.30. The van der Waals surface area contributed by atoms with Crippen LogP contribution in [0.5, 0.6) is 0 Å². The van der Waals surface area contributed by atoms with Gasteiger partial charge in [0.15, 0.2) is 11.5 Å². The Kier molecular flexibility index (Phi) is 5.51. The zero-order chi connectivity index (χ0) is 21.4. The summed E-state index contributed by atoms with van der Waals surface area (Å²) in [7, 11) is 0. The predicted molar refractivity (Wildman–Crippen MR) is 124 cm³/mol. The lowest BCUT2D eigenvalue weighted by Crippen LogP contribution is -2.43. The number of anilines is 1. The maximum atomic E-state index is 13.5. The van der Waals surface area contributed by atoms with Crippen LogP contribution in [0.2, 0.25) is 0 Å². The number of aromatic amines is 1. The molecule has 0 aliphatic carbocycles. The number of nitrogens with one attached hydrogen (secondary N) is 1. The summed E-state index contributed by atoms with van der Waals surface area (Å²) in [5.41, 5.74) is 2.79. The third-order valence-electron chi connectivity index (χ3n) is 5.53. The van der Waals surface area contributed by atoms with Gasteiger partial charge in [-0.2, -0.15) is 14.9 Å². The van der Waals surface area contributed by atoms with E-state index in [2.05, 4.69) is 41.1 Å². The fourth-order valence-corrected chi connectivity index (χ4v) is 4.53. The molecule has 0 radical (unpaired) electrons. The summed E-state index contributed by atoms with van der Waals surface area (Å²) in [6.45, 7) is 2.56. The Labute approximate surface area is 192 Å². The Hall–Kier alpha value is -2.69. The van der Waals surface area contributed by atoms with Gasteiger partial charge in [0, 0.05) is 28.0 Å². The van der Waals surface area contributed by atoms with E-state index in [9.17, 15) is 4.79 Å². The number of piperidine rings is 1. The van der Waals surface area contributed by atoms with Gasteiger partial charge in [-0.15, -0.1) is 0 Å². The number of pyridine rings is 1. The number of hydrogen-bond acceptors (Lipinski definition) is 6. The Morgan fingerprint density at radius 1 is 1.13 bits per heavy atom. The molecule has 8 nitrogen and oxygen atoms in total. The third kappa shape index (κ3) is 3.86. The lowest BCUT2D eigenvalue weighted by atomic mass is 10.1. The Morgan fingerprint density at radius 3 is 2.68 bits per heavy atom. The van der Waals surface area contributed by atoms with Crippen LogP contribution in [0, 0.1) is 4.77 Å². The number of nitrogens with zero attached hydrogens (tertiary/aromatic N) is 6. The zero-order valence-corrected chi connectivity index (χ0v) is 19.1. The van der Waals surface area contributed by atoms with Crippen molar-refractivity contribution in [3.63, 3.8) is 0 Å². The number of carbonyl (C=O) groups is 1. The van der Waals surface area contributed by atoms with Crippen LogP contribution in [0.25, 0.3) is 11.4 Å². The lowest BCUT2D eigenvalue weighted by molar-refractivity contribution is -0.112. The molecule has 0 saturated carbocycles. The number of carbonyl (C=O) groups excluding carboxylic acids is 1. The summed E-state index contributed by atoms with van der Waals surface area (Å²) in [4.78, 5) is 21.7. The van der Waals surface area contributed by atoms with Crippen LogP contribution in [-0.2, 0) is 4.79 Å². The van der Waals surface area contributed by atoms with E-state index in [1.807, 2.05) is 35.2 Å². The van der Waals surface area contributed by atoms with Gasteiger partial charge in [-0.25, -0.2) is 5.10 Å². The van der Waals surface area contributed by atoms with Crippen LogP contribution < -0.4 is 4.90 Å². The quantitative estimate of drug-likeness (QED) is 0.554. The maximum absolute atomic E-state index is 13.5. The van der Waals surface area contributed by atoms with E-state index in [1.54, 1.807) is 12.4 Å². The van der Waals surface area contributed by atoms with Crippen LogP contribution in [0.3, 0.4) is 0 Å². The number of halogens is 1. The van der Waals surface area contributed by atoms with E-state index in [0.717, 1.165) is 47.2 Å². The predicted octanol–water partition coefficient (Wildman–Crippen LogP) is 3.81. The average Bonchev–Trinajstić information content (AvgIpc) is 3.28. The number of H-pyrrole nitrogens is 1. The molecule has 5 rings (SSSR count). The van der Waals surface area contributed by atoms with Gasteiger partial charge >= 0.3 is 0 Å². The number of fused-ring (bicyclic) bond motifs is 1. The molecule has 4 heterocycles. The summed E-state index contributed by atoms with van der Waals surface area (Å²) >= 11 is 8.94. The topological polar surface area (TPSA) is 82.4 Å². The fourth-order valence-electron chi connectivity index (χ4n) is 4.00. The second-order valence-electron chi connectivity index (χ2n) is 7.56. The molecule has 2 aromatic heterocycles. The first-order chi connectivity index (χ1) is 15.1. The van der Waals surface area contributed by atoms with E-state index < -0.39 is 0 Å². The van der Waals surface area contributed by atoms with Crippen LogP contribution in [0.4, 0.5) is 5.69 Å². The van der Waals surface area contributed by atoms with E-state index in [1.165, 1.54) is 11.1 Å². The summed E-state index contributed by atoms with van der Waals surface area (Å²) in [5, 5.41) is 11.8. The molecule has 0 bridgehead atoms. The van der Waals surface area contributed by atoms with Crippen molar-refractivity contribution < 1.29 is 4.79 Å². The molecule has 31 heavy (non-hydrogen) atoms. The van der Waals surface area contributed by atoms with Crippen LogP contribution in [0.15, 0.2) is 52.3 Å². The summed E-state index contributed by atoms with van der Waals surface area (Å²) < 4.78 is 2.71. The van der Waals surface area contributed by atoms with Crippen molar-refractivity contribution >= 4 is 45.5 Å². The molecule has 1 amide bonds. The van der Waals surface area contributed by atoms with Gasteiger partial charge in [0.2, 0.25) is 4.77 Å². The monoisotopic (exact) mass is 497 g/mol. The first kappa shape index (κ1) is 20.2. The van der Waals surface area contributed by atoms with E-state index in [0.29, 0.717) is 23.0 Å². The number of likely N-dealkylation sites (tertiary alicyclic amines) is 1. The minimum Gasteiger partial charge on any atom is -0.293 e. The second-order valence-corrected chi connectivity index (χ2v) is 8.87. The molecule has 2 aliphatic rings. The third-order valence-corrected chi connectivity index (χ3v) is 6.29. The van der Waals surface area contributed by atoms with Gasteiger partial charge in [0.05, 0.1) is 12.4 Å². The average molecular weight is 498 g/mol. The summed E-state index contributed by atoms with van der Waals surface area (Å²) in [5.74, 6) is 0.390. The molecular formula is C21H20BrN7OS. The highest BCUT2D eigenvalue weighted by atomic mass is 79.9. The van der Waals surface area contributed by atoms with Gasteiger partial charge in [0.1, 0.15) is 0 Å². The number of amides is 1. The molecule has 1 fully saturated rings. The number of rotatable bonds is 4. The first-order valence-corrected chi connectivity index (χ1v) is 11.3. The molecule has 0 atom stereocenters. The smallest absolute Gasteiger partial charge is 0.280 e. The molecule has 3 aromatic rings. The van der Waals surface area contributed by atoms with Crippen LogP contribution in [0.1, 0.15) is 24.8 Å². The van der Waals surface area contributed by atoms with Gasteiger partial charge < -0.3 is 0 Å². The molecule has 10 heteroatoms. The normalized spacial score (nSPS) is 18.0. The van der Waals surface area contributed by atoms with Crippen molar-refractivity contribution in [1.29, 1.82) is 0 Å². The van der Waals surface area contributed by atoms with Crippen molar-refractivity contribution in [2.75, 3.05) is 24.7 Å². The second kappa shape index (κ2) is 8.45. The van der Waals surface area contributed by atoms with Gasteiger partial charge in [0.25, 0.3) is 5.91 Å². The highest BCUT2D eigenvalue weighted by Crippen LogP contribution is 2.33. The zero-order valence-electron chi connectivity index (χ0n) is 16.7. The van der Waals surface area contributed by atoms with Crippen LogP contribution in [-0.4, -0.2) is 56.1 Å². The van der Waals surface area contributed by atoms with Crippen molar-refractivity contribution in [3.8, 4) is 11.4 Å². The SMILES string of the molecule is O=C1/C(=N\n2c(-c3ccncc3)n[nH]c2=S)c2cc(Br)ccc2N1CN1CCCCC1. The molecule has 1 saturated heterocycles. The summed E-state index contributed by atoms with van der Waals surface area (Å²) in [6, 6.07) is 9.49. The summed E-state index contributed by atoms with van der Waals surface area (Å²) in [6.07, 6.45) is 6.93. The van der Waals surface area contributed by atoms with E-state index >= 15 is 0 Å². The molecule has 158 valence electrons. The van der Waals surface area contributed by atoms with Gasteiger partial charge in [-0.05, 0) is 68.5 Å². The number of aromatic nitrogens is 4. The Morgan fingerprint density at radius 2 is 1.90 bits per heavy atom. The van der Waals surface area contributed by atoms with Gasteiger partial charge in [-0.3, -0.25) is 19.6 Å². The van der Waals surface area contributed by atoms with Gasteiger partial charge in [-0.1, -0.05) is 22.4 Å². The Balaban J connectivity index is 1.58. The highest BCUT2D eigenvalue weighted by Gasteiger charge is 2.36. The molecule has 1 aromatic carbocycles.